The zero-order valence-electron chi connectivity index (χ0n) is 11.1. The number of aryl methyl sites for hydroxylation is 1. The van der Waals surface area contributed by atoms with Crippen LogP contribution in [0.2, 0.25) is 0 Å². The SMILES string of the molecule is CCNc1ccncc1C(=O)NCc1ccnn1C. The lowest BCUT2D eigenvalue weighted by atomic mass is 10.2. The monoisotopic (exact) mass is 259 g/mol. The van der Waals surface area contributed by atoms with Crippen LogP contribution in [0.4, 0.5) is 5.69 Å². The van der Waals surface area contributed by atoms with Gasteiger partial charge in [-0.2, -0.15) is 5.10 Å². The van der Waals surface area contributed by atoms with Crippen molar-refractivity contribution in [1.82, 2.24) is 20.1 Å². The number of carbonyl (C=O) groups is 1. The first-order valence-electron chi connectivity index (χ1n) is 6.15. The van der Waals surface area contributed by atoms with Crippen LogP contribution < -0.4 is 10.6 Å². The molecular formula is C13H17N5O. The number of amides is 1. The first kappa shape index (κ1) is 13.1. The van der Waals surface area contributed by atoms with E-state index in [4.69, 9.17) is 0 Å². The van der Waals surface area contributed by atoms with Crippen molar-refractivity contribution in [3.63, 3.8) is 0 Å². The molecule has 2 heterocycles. The smallest absolute Gasteiger partial charge is 0.255 e. The summed E-state index contributed by atoms with van der Waals surface area (Å²) in [4.78, 5) is 16.1. The fourth-order valence-electron chi connectivity index (χ4n) is 1.76. The van der Waals surface area contributed by atoms with Crippen LogP contribution in [-0.2, 0) is 13.6 Å². The molecule has 6 nitrogen and oxygen atoms in total. The number of nitrogens with one attached hydrogen (secondary N) is 2. The van der Waals surface area contributed by atoms with Gasteiger partial charge in [0, 0.05) is 32.2 Å². The quantitative estimate of drug-likeness (QED) is 0.845. The van der Waals surface area contributed by atoms with Crippen molar-refractivity contribution in [3.8, 4) is 0 Å². The molecule has 0 bridgehead atoms. The topological polar surface area (TPSA) is 71.8 Å². The summed E-state index contributed by atoms with van der Waals surface area (Å²) in [5.41, 5.74) is 2.29. The molecule has 2 N–H and O–H groups in total. The minimum Gasteiger partial charge on any atom is -0.385 e. The van der Waals surface area contributed by atoms with Gasteiger partial charge in [0.15, 0.2) is 0 Å². The number of aromatic nitrogens is 3. The fraction of sp³-hybridized carbons (Fsp3) is 0.308. The van der Waals surface area contributed by atoms with E-state index in [9.17, 15) is 4.79 Å². The summed E-state index contributed by atoms with van der Waals surface area (Å²) in [6.07, 6.45) is 4.93. The van der Waals surface area contributed by atoms with Crippen molar-refractivity contribution < 1.29 is 4.79 Å². The first-order chi connectivity index (χ1) is 9.22. The van der Waals surface area contributed by atoms with Crippen LogP contribution in [-0.4, -0.2) is 27.2 Å². The number of hydrogen-bond acceptors (Lipinski definition) is 4. The Morgan fingerprint density at radius 2 is 2.21 bits per heavy atom. The maximum absolute atomic E-state index is 12.1. The predicted octanol–water partition coefficient (Wildman–Crippen LogP) is 1.18. The Morgan fingerprint density at radius 3 is 2.89 bits per heavy atom. The van der Waals surface area contributed by atoms with Crippen LogP contribution in [0.25, 0.3) is 0 Å². The number of pyridine rings is 1. The van der Waals surface area contributed by atoms with Crippen LogP contribution >= 0.6 is 0 Å². The van der Waals surface area contributed by atoms with Gasteiger partial charge in [0.05, 0.1) is 23.5 Å². The number of anilines is 1. The third-order valence-electron chi connectivity index (χ3n) is 2.79. The van der Waals surface area contributed by atoms with E-state index < -0.39 is 0 Å². The molecular weight excluding hydrogens is 242 g/mol. The van der Waals surface area contributed by atoms with E-state index in [1.165, 1.54) is 0 Å². The van der Waals surface area contributed by atoms with E-state index in [1.54, 1.807) is 29.3 Å². The van der Waals surface area contributed by atoms with Crippen molar-refractivity contribution in [1.29, 1.82) is 0 Å². The van der Waals surface area contributed by atoms with Gasteiger partial charge >= 0.3 is 0 Å². The van der Waals surface area contributed by atoms with Crippen molar-refractivity contribution in [2.75, 3.05) is 11.9 Å². The van der Waals surface area contributed by atoms with Gasteiger partial charge in [-0.3, -0.25) is 14.5 Å². The molecule has 6 heteroatoms. The molecule has 19 heavy (non-hydrogen) atoms. The average Bonchev–Trinajstić information content (AvgIpc) is 2.82. The Kier molecular flexibility index (Phi) is 4.12. The van der Waals surface area contributed by atoms with E-state index in [-0.39, 0.29) is 5.91 Å². The molecule has 0 aliphatic rings. The molecule has 2 aromatic rings. The number of nitrogens with zero attached hydrogens (tertiary/aromatic N) is 3. The third-order valence-corrected chi connectivity index (χ3v) is 2.79. The summed E-state index contributed by atoms with van der Waals surface area (Å²) in [6, 6.07) is 3.66. The highest BCUT2D eigenvalue weighted by Crippen LogP contribution is 2.13. The molecule has 0 aromatic carbocycles. The molecule has 100 valence electrons. The summed E-state index contributed by atoms with van der Waals surface area (Å²) in [7, 11) is 1.84. The lowest BCUT2D eigenvalue weighted by Gasteiger charge is -2.10. The molecule has 0 spiro atoms. The molecule has 0 radical (unpaired) electrons. The highest BCUT2D eigenvalue weighted by molar-refractivity contribution is 5.99. The number of rotatable bonds is 5. The summed E-state index contributed by atoms with van der Waals surface area (Å²) >= 11 is 0. The van der Waals surface area contributed by atoms with Crippen molar-refractivity contribution >= 4 is 11.6 Å². The summed E-state index contributed by atoms with van der Waals surface area (Å²) in [6.45, 7) is 3.18. The summed E-state index contributed by atoms with van der Waals surface area (Å²) in [5, 5.41) is 10.1. The molecule has 2 rings (SSSR count). The first-order valence-corrected chi connectivity index (χ1v) is 6.15. The molecule has 0 aliphatic carbocycles. The van der Waals surface area contributed by atoms with Crippen LogP contribution in [0.1, 0.15) is 23.0 Å². The minimum atomic E-state index is -0.148. The second-order valence-corrected chi connectivity index (χ2v) is 4.08. The molecule has 2 aromatic heterocycles. The van der Waals surface area contributed by atoms with Gasteiger partial charge in [-0.1, -0.05) is 0 Å². The van der Waals surface area contributed by atoms with Crippen LogP contribution in [0.3, 0.4) is 0 Å². The Morgan fingerprint density at radius 1 is 1.37 bits per heavy atom. The van der Waals surface area contributed by atoms with E-state index in [2.05, 4.69) is 20.7 Å². The molecule has 0 saturated carbocycles. The Balaban J connectivity index is 2.06. The van der Waals surface area contributed by atoms with Crippen LogP contribution in [0.15, 0.2) is 30.7 Å². The van der Waals surface area contributed by atoms with Crippen LogP contribution in [0, 0.1) is 0 Å². The van der Waals surface area contributed by atoms with Crippen molar-refractivity contribution in [2.45, 2.75) is 13.5 Å². The maximum atomic E-state index is 12.1. The lowest BCUT2D eigenvalue weighted by Crippen LogP contribution is -2.25. The fourth-order valence-corrected chi connectivity index (χ4v) is 1.76. The van der Waals surface area contributed by atoms with Gasteiger partial charge < -0.3 is 10.6 Å². The van der Waals surface area contributed by atoms with Gasteiger partial charge in [-0.25, -0.2) is 0 Å². The largest absolute Gasteiger partial charge is 0.385 e. The molecule has 0 fully saturated rings. The van der Waals surface area contributed by atoms with E-state index in [0.717, 1.165) is 17.9 Å². The number of hydrogen-bond donors (Lipinski definition) is 2. The zero-order chi connectivity index (χ0) is 13.7. The van der Waals surface area contributed by atoms with E-state index in [1.807, 2.05) is 20.0 Å². The second-order valence-electron chi connectivity index (χ2n) is 4.08. The molecule has 0 saturated heterocycles. The van der Waals surface area contributed by atoms with Gasteiger partial charge in [0.1, 0.15) is 0 Å². The highest BCUT2D eigenvalue weighted by atomic mass is 16.1. The second kappa shape index (κ2) is 5.99. The zero-order valence-corrected chi connectivity index (χ0v) is 11.1. The molecule has 1 amide bonds. The van der Waals surface area contributed by atoms with Gasteiger partial charge in [-0.05, 0) is 19.1 Å². The minimum absolute atomic E-state index is 0.148. The lowest BCUT2D eigenvalue weighted by molar-refractivity contribution is 0.0950. The number of carbonyl (C=O) groups excluding carboxylic acids is 1. The third kappa shape index (κ3) is 3.09. The van der Waals surface area contributed by atoms with Crippen molar-refractivity contribution in [3.05, 3.63) is 42.0 Å². The van der Waals surface area contributed by atoms with Gasteiger partial charge in [-0.15, -0.1) is 0 Å². The van der Waals surface area contributed by atoms with Crippen molar-refractivity contribution in [2.24, 2.45) is 7.05 Å². The van der Waals surface area contributed by atoms with Gasteiger partial charge in [0.25, 0.3) is 5.91 Å². The summed E-state index contributed by atoms with van der Waals surface area (Å²) < 4.78 is 1.73. The Bertz CT molecular complexity index is 564. The van der Waals surface area contributed by atoms with Crippen LogP contribution in [0.5, 0.6) is 0 Å². The van der Waals surface area contributed by atoms with Gasteiger partial charge in [0.2, 0.25) is 0 Å². The molecule has 0 aliphatic heterocycles. The predicted molar refractivity (Wildman–Crippen MR) is 72.8 cm³/mol. The molecule has 0 atom stereocenters. The normalized spacial score (nSPS) is 10.2. The Hall–Kier alpha value is -2.37. The standard InChI is InChI=1S/C13H17N5O/c1-3-15-12-5-6-14-9-11(12)13(19)16-8-10-4-7-17-18(10)2/h4-7,9H,3,8H2,1-2H3,(H,14,15)(H,16,19). The highest BCUT2D eigenvalue weighted by Gasteiger charge is 2.11. The Labute approximate surface area is 111 Å². The molecule has 0 unspecified atom stereocenters. The summed E-state index contributed by atoms with van der Waals surface area (Å²) in [5.74, 6) is -0.148. The van der Waals surface area contributed by atoms with E-state index in [0.29, 0.717) is 12.1 Å². The average molecular weight is 259 g/mol. The maximum Gasteiger partial charge on any atom is 0.255 e. The van der Waals surface area contributed by atoms with E-state index >= 15 is 0 Å².